The number of Topliss-reactive ketones (excluding diaryl/α,β-unsaturated/α-hetero) is 1. The van der Waals surface area contributed by atoms with E-state index < -0.39 is 18.0 Å². The fourth-order valence-corrected chi connectivity index (χ4v) is 2.12. The molecule has 5 nitrogen and oxygen atoms in total. The number of hydrogen-bond acceptors (Lipinski definition) is 4. The number of hydrogen-bond donors (Lipinski definition) is 1. The molecular weight excluding hydrogens is 330 g/mol. The molecule has 1 N–H and O–H groups in total. The van der Waals surface area contributed by atoms with Crippen molar-refractivity contribution in [3.8, 4) is 0 Å². The van der Waals surface area contributed by atoms with Gasteiger partial charge in [0.2, 0.25) is 0 Å². The first-order valence-electron chi connectivity index (χ1n) is 7.25. The van der Waals surface area contributed by atoms with Crippen LogP contribution in [-0.4, -0.2) is 23.8 Å². The Morgan fingerprint density at radius 3 is 2.29 bits per heavy atom. The lowest BCUT2D eigenvalue weighted by Gasteiger charge is -2.13. The normalized spacial score (nSPS) is 11.5. The summed E-state index contributed by atoms with van der Waals surface area (Å²) < 4.78 is 5.12. The highest BCUT2D eigenvalue weighted by molar-refractivity contribution is 6.30. The zero-order chi connectivity index (χ0) is 17.7. The van der Waals surface area contributed by atoms with Gasteiger partial charge in [-0.1, -0.05) is 17.7 Å². The molecule has 1 atom stereocenters. The number of carbonyl (C=O) groups excluding carboxylic acids is 3. The van der Waals surface area contributed by atoms with Gasteiger partial charge in [0.05, 0.1) is 5.56 Å². The van der Waals surface area contributed by atoms with Crippen molar-refractivity contribution in [2.45, 2.75) is 20.0 Å². The molecule has 2 rings (SSSR count). The second-order valence-electron chi connectivity index (χ2n) is 5.18. The Kier molecular flexibility index (Phi) is 5.71. The second-order valence-corrected chi connectivity index (χ2v) is 5.62. The van der Waals surface area contributed by atoms with Gasteiger partial charge in [-0.05, 0) is 56.3 Å². The first kappa shape index (κ1) is 17.7. The van der Waals surface area contributed by atoms with Crippen molar-refractivity contribution in [3.05, 3.63) is 64.7 Å². The van der Waals surface area contributed by atoms with E-state index in [4.69, 9.17) is 16.3 Å². The van der Waals surface area contributed by atoms with E-state index in [1.807, 2.05) is 0 Å². The molecule has 0 aliphatic rings. The van der Waals surface area contributed by atoms with Gasteiger partial charge in [-0.2, -0.15) is 0 Å². The molecule has 0 unspecified atom stereocenters. The van der Waals surface area contributed by atoms with Crippen LogP contribution in [0, 0.1) is 0 Å². The Bertz CT molecular complexity index is 771. The molecule has 1 amide bonds. The lowest BCUT2D eigenvalue weighted by molar-refractivity contribution is -0.123. The minimum absolute atomic E-state index is 0.0586. The molecule has 0 saturated heterocycles. The minimum Gasteiger partial charge on any atom is -0.449 e. The summed E-state index contributed by atoms with van der Waals surface area (Å²) in [6, 6.07) is 12.7. The number of carbonyl (C=O) groups is 3. The van der Waals surface area contributed by atoms with Crippen molar-refractivity contribution in [1.29, 1.82) is 0 Å². The van der Waals surface area contributed by atoms with E-state index in [0.29, 0.717) is 16.3 Å². The number of benzene rings is 2. The standard InChI is InChI=1S/C18H16ClNO4/c1-11(21)13-6-8-16(9-7-13)20-17(22)12(2)24-18(23)14-4-3-5-15(19)10-14/h3-10,12H,1-2H3,(H,20,22)/t12-/m0/s1. The van der Waals surface area contributed by atoms with Crippen molar-refractivity contribution in [2.24, 2.45) is 0 Å². The van der Waals surface area contributed by atoms with E-state index in [2.05, 4.69) is 5.32 Å². The Morgan fingerprint density at radius 2 is 1.71 bits per heavy atom. The highest BCUT2D eigenvalue weighted by Crippen LogP contribution is 2.14. The average molecular weight is 346 g/mol. The summed E-state index contributed by atoms with van der Waals surface area (Å²) in [5.74, 6) is -1.16. The summed E-state index contributed by atoms with van der Waals surface area (Å²) in [5, 5.41) is 3.03. The molecule has 0 aliphatic heterocycles. The SMILES string of the molecule is CC(=O)c1ccc(NC(=O)[C@H](C)OC(=O)c2cccc(Cl)c2)cc1. The van der Waals surface area contributed by atoms with E-state index >= 15 is 0 Å². The molecule has 0 fully saturated rings. The molecule has 24 heavy (non-hydrogen) atoms. The van der Waals surface area contributed by atoms with Crippen LogP contribution in [-0.2, 0) is 9.53 Å². The van der Waals surface area contributed by atoms with Gasteiger partial charge in [0, 0.05) is 16.3 Å². The summed E-state index contributed by atoms with van der Waals surface area (Å²) in [7, 11) is 0. The fourth-order valence-electron chi connectivity index (χ4n) is 1.93. The van der Waals surface area contributed by atoms with Crippen molar-refractivity contribution in [2.75, 3.05) is 5.32 Å². The second kappa shape index (κ2) is 7.75. The maximum Gasteiger partial charge on any atom is 0.338 e. The summed E-state index contributed by atoms with van der Waals surface area (Å²) >= 11 is 5.82. The lowest BCUT2D eigenvalue weighted by atomic mass is 10.1. The molecule has 0 spiro atoms. The van der Waals surface area contributed by atoms with E-state index in [1.165, 1.54) is 19.9 Å². The van der Waals surface area contributed by atoms with E-state index in [9.17, 15) is 14.4 Å². The van der Waals surface area contributed by atoms with Gasteiger partial charge in [0.15, 0.2) is 11.9 Å². The first-order valence-corrected chi connectivity index (χ1v) is 7.63. The number of ketones is 1. The predicted octanol–water partition coefficient (Wildman–Crippen LogP) is 3.73. The molecule has 0 radical (unpaired) electrons. The minimum atomic E-state index is -0.982. The number of esters is 1. The number of rotatable bonds is 5. The number of nitrogens with one attached hydrogen (secondary N) is 1. The Labute approximate surface area is 144 Å². The van der Waals surface area contributed by atoms with E-state index in [1.54, 1.807) is 42.5 Å². The third-order valence-corrected chi connectivity index (χ3v) is 3.51. The summed E-state index contributed by atoms with van der Waals surface area (Å²) in [5.41, 5.74) is 1.33. The topological polar surface area (TPSA) is 72.5 Å². The monoisotopic (exact) mass is 345 g/mol. The maximum atomic E-state index is 12.1. The highest BCUT2D eigenvalue weighted by Gasteiger charge is 2.19. The number of halogens is 1. The van der Waals surface area contributed by atoms with Crippen LogP contribution in [0.25, 0.3) is 0 Å². The zero-order valence-corrected chi connectivity index (χ0v) is 14.0. The molecular formula is C18H16ClNO4. The molecule has 0 aliphatic carbocycles. The van der Waals surface area contributed by atoms with Gasteiger partial charge in [-0.25, -0.2) is 4.79 Å². The number of amides is 1. The van der Waals surface area contributed by atoms with Crippen LogP contribution in [0.1, 0.15) is 34.6 Å². The van der Waals surface area contributed by atoms with Crippen molar-refractivity contribution in [1.82, 2.24) is 0 Å². The zero-order valence-electron chi connectivity index (χ0n) is 13.2. The van der Waals surface area contributed by atoms with Crippen LogP contribution in [0.3, 0.4) is 0 Å². The smallest absolute Gasteiger partial charge is 0.338 e. The summed E-state index contributed by atoms with van der Waals surface area (Å²) in [6.07, 6.45) is -0.982. The molecule has 0 saturated carbocycles. The van der Waals surface area contributed by atoms with Gasteiger partial charge in [-0.3, -0.25) is 9.59 Å². The molecule has 0 heterocycles. The largest absolute Gasteiger partial charge is 0.449 e. The van der Waals surface area contributed by atoms with Gasteiger partial charge >= 0.3 is 5.97 Å². The maximum absolute atomic E-state index is 12.1. The summed E-state index contributed by atoms with van der Waals surface area (Å²) in [6.45, 7) is 2.94. The molecule has 6 heteroatoms. The van der Waals surface area contributed by atoms with Crippen LogP contribution in [0.4, 0.5) is 5.69 Å². The molecule has 0 aromatic heterocycles. The van der Waals surface area contributed by atoms with E-state index in [0.717, 1.165) is 0 Å². The summed E-state index contributed by atoms with van der Waals surface area (Å²) in [4.78, 5) is 35.3. The highest BCUT2D eigenvalue weighted by atomic mass is 35.5. The van der Waals surface area contributed by atoms with Crippen molar-refractivity contribution in [3.63, 3.8) is 0 Å². The predicted molar refractivity (Wildman–Crippen MR) is 91.4 cm³/mol. The van der Waals surface area contributed by atoms with Crippen molar-refractivity contribution >= 4 is 34.9 Å². The number of anilines is 1. The first-order chi connectivity index (χ1) is 11.4. The van der Waals surface area contributed by atoms with Gasteiger partial charge in [0.1, 0.15) is 0 Å². The van der Waals surface area contributed by atoms with Gasteiger partial charge in [0.25, 0.3) is 5.91 Å². The van der Waals surface area contributed by atoms with E-state index in [-0.39, 0.29) is 11.3 Å². The lowest BCUT2D eigenvalue weighted by Crippen LogP contribution is -2.30. The third-order valence-electron chi connectivity index (χ3n) is 3.27. The quantitative estimate of drug-likeness (QED) is 0.662. The molecule has 0 bridgehead atoms. The Hall–Kier alpha value is -2.66. The number of ether oxygens (including phenoxy) is 1. The van der Waals surface area contributed by atoms with Crippen molar-refractivity contribution < 1.29 is 19.1 Å². The van der Waals surface area contributed by atoms with Gasteiger partial charge in [-0.15, -0.1) is 0 Å². The van der Waals surface area contributed by atoms with Crippen LogP contribution in [0.15, 0.2) is 48.5 Å². The average Bonchev–Trinajstić information content (AvgIpc) is 2.55. The fraction of sp³-hybridized carbons (Fsp3) is 0.167. The van der Waals surface area contributed by atoms with Crippen LogP contribution >= 0.6 is 11.6 Å². The Balaban J connectivity index is 1.96. The third kappa shape index (κ3) is 4.67. The Morgan fingerprint density at radius 1 is 1.04 bits per heavy atom. The van der Waals surface area contributed by atoms with Crippen LogP contribution in [0.2, 0.25) is 5.02 Å². The van der Waals surface area contributed by atoms with Crippen LogP contribution in [0.5, 0.6) is 0 Å². The molecule has 2 aromatic carbocycles. The van der Waals surface area contributed by atoms with Crippen LogP contribution < -0.4 is 5.32 Å². The molecule has 2 aromatic rings. The molecule has 124 valence electrons. The van der Waals surface area contributed by atoms with Gasteiger partial charge < -0.3 is 10.1 Å².